The van der Waals surface area contributed by atoms with Crippen molar-refractivity contribution in [2.45, 2.75) is 52.0 Å². The monoisotopic (exact) mass is 409 g/mol. The molecule has 4 rings (SSSR count). The maximum Gasteiger partial charge on any atom is 0.226 e. The van der Waals surface area contributed by atoms with E-state index in [2.05, 4.69) is 29.6 Å². The molecule has 2 heterocycles. The Morgan fingerprint density at radius 3 is 2.37 bits per heavy atom. The number of ether oxygens (including phenoxy) is 2. The number of rotatable bonds is 7. The number of benzene rings is 1. The van der Waals surface area contributed by atoms with Crippen LogP contribution in [0.4, 0.5) is 5.95 Å². The minimum atomic E-state index is 0.484. The van der Waals surface area contributed by atoms with Crippen molar-refractivity contribution in [3.05, 3.63) is 24.5 Å². The highest BCUT2D eigenvalue weighted by Gasteiger charge is 2.20. The largest absolute Gasteiger partial charge is 0.493 e. The van der Waals surface area contributed by atoms with E-state index in [1.54, 1.807) is 14.2 Å². The van der Waals surface area contributed by atoms with E-state index in [1.807, 2.05) is 18.3 Å². The SMILES string of the molecule is CCN(CC)c1nc(-c2cnn(C3CCCCC3)c2)c2cc(OC)c(OC)cc2n1. The molecular weight excluding hydrogens is 378 g/mol. The quantitative estimate of drug-likeness (QED) is 0.555. The number of fused-ring (bicyclic) bond motifs is 1. The molecule has 1 saturated carbocycles. The fourth-order valence-corrected chi connectivity index (χ4v) is 4.32. The lowest BCUT2D eigenvalue weighted by atomic mass is 9.96. The third-order valence-corrected chi connectivity index (χ3v) is 6.06. The summed E-state index contributed by atoms with van der Waals surface area (Å²) in [6, 6.07) is 4.38. The molecule has 0 aliphatic heterocycles. The highest BCUT2D eigenvalue weighted by molar-refractivity contribution is 5.95. The topological polar surface area (TPSA) is 65.3 Å². The van der Waals surface area contributed by atoms with Crippen molar-refractivity contribution in [2.75, 3.05) is 32.2 Å². The number of hydrogen-bond donors (Lipinski definition) is 0. The van der Waals surface area contributed by atoms with Crippen LogP contribution in [0.5, 0.6) is 11.5 Å². The molecular formula is C23H31N5O2. The van der Waals surface area contributed by atoms with Crippen LogP contribution in [-0.4, -0.2) is 47.1 Å². The van der Waals surface area contributed by atoms with Crippen LogP contribution in [0.25, 0.3) is 22.2 Å². The van der Waals surface area contributed by atoms with Crippen LogP contribution < -0.4 is 14.4 Å². The third-order valence-electron chi connectivity index (χ3n) is 6.06. The van der Waals surface area contributed by atoms with Gasteiger partial charge in [-0.2, -0.15) is 5.10 Å². The molecule has 30 heavy (non-hydrogen) atoms. The van der Waals surface area contributed by atoms with Gasteiger partial charge in [-0.25, -0.2) is 9.97 Å². The fourth-order valence-electron chi connectivity index (χ4n) is 4.32. The fraction of sp³-hybridized carbons (Fsp3) is 0.522. The van der Waals surface area contributed by atoms with Crippen LogP contribution in [0.1, 0.15) is 52.0 Å². The Labute approximate surface area is 178 Å². The molecule has 1 aliphatic rings. The summed E-state index contributed by atoms with van der Waals surface area (Å²) >= 11 is 0. The molecule has 2 aromatic heterocycles. The van der Waals surface area contributed by atoms with Gasteiger partial charge in [0.1, 0.15) is 0 Å². The van der Waals surface area contributed by atoms with Gasteiger partial charge in [0, 0.05) is 36.3 Å². The zero-order chi connectivity index (χ0) is 21.1. The van der Waals surface area contributed by atoms with Crippen molar-refractivity contribution in [3.63, 3.8) is 0 Å². The Hall–Kier alpha value is -2.83. The average Bonchev–Trinajstić information content (AvgIpc) is 3.29. The van der Waals surface area contributed by atoms with Crippen LogP contribution >= 0.6 is 0 Å². The molecule has 0 radical (unpaired) electrons. The normalized spacial score (nSPS) is 14.8. The summed E-state index contributed by atoms with van der Waals surface area (Å²) in [5.74, 6) is 2.06. The molecule has 3 aromatic rings. The second-order valence-electron chi connectivity index (χ2n) is 7.77. The van der Waals surface area contributed by atoms with Crippen LogP contribution in [0.3, 0.4) is 0 Å². The molecule has 0 amide bonds. The highest BCUT2D eigenvalue weighted by atomic mass is 16.5. The van der Waals surface area contributed by atoms with E-state index >= 15 is 0 Å². The number of anilines is 1. The first-order chi connectivity index (χ1) is 14.7. The Balaban J connectivity index is 1.86. The second kappa shape index (κ2) is 8.90. The Bertz CT molecular complexity index is 1010. The Kier molecular flexibility index (Phi) is 6.06. The average molecular weight is 410 g/mol. The van der Waals surface area contributed by atoms with Gasteiger partial charge in [-0.3, -0.25) is 4.68 Å². The van der Waals surface area contributed by atoms with Gasteiger partial charge >= 0.3 is 0 Å². The van der Waals surface area contributed by atoms with Gasteiger partial charge in [0.25, 0.3) is 0 Å². The van der Waals surface area contributed by atoms with Crippen LogP contribution in [-0.2, 0) is 0 Å². The molecule has 0 spiro atoms. The van der Waals surface area contributed by atoms with Crippen molar-refractivity contribution >= 4 is 16.9 Å². The van der Waals surface area contributed by atoms with E-state index in [0.717, 1.165) is 41.2 Å². The van der Waals surface area contributed by atoms with Gasteiger partial charge in [-0.15, -0.1) is 0 Å². The van der Waals surface area contributed by atoms with Gasteiger partial charge in [0.05, 0.1) is 37.7 Å². The third kappa shape index (κ3) is 3.80. The molecule has 1 aliphatic carbocycles. The van der Waals surface area contributed by atoms with E-state index in [1.165, 1.54) is 32.1 Å². The molecule has 7 nitrogen and oxygen atoms in total. The van der Waals surface area contributed by atoms with E-state index < -0.39 is 0 Å². The van der Waals surface area contributed by atoms with Crippen molar-refractivity contribution in [3.8, 4) is 22.8 Å². The highest BCUT2D eigenvalue weighted by Crippen LogP contribution is 2.37. The number of methoxy groups -OCH3 is 2. The lowest BCUT2D eigenvalue weighted by Crippen LogP contribution is -2.24. The first-order valence-electron chi connectivity index (χ1n) is 10.9. The number of nitrogens with zero attached hydrogens (tertiary/aromatic N) is 5. The van der Waals surface area contributed by atoms with E-state index in [-0.39, 0.29) is 0 Å². The minimum absolute atomic E-state index is 0.484. The van der Waals surface area contributed by atoms with Crippen LogP contribution in [0.15, 0.2) is 24.5 Å². The molecule has 160 valence electrons. The lowest BCUT2D eigenvalue weighted by molar-refractivity contribution is 0.329. The summed E-state index contributed by atoms with van der Waals surface area (Å²) in [5, 5.41) is 5.64. The molecule has 0 atom stereocenters. The summed E-state index contributed by atoms with van der Waals surface area (Å²) in [6.07, 6.45) is 10.3. The maximum absolute atomic E-state index is 5.54. The van der Waals surface area contributed by atoms with Gasteiger partial charge in [-0.1, -0.05) is 19.3 Å². The predicted molar refractivity (Wildman–Crippen MR) is 120 cm³/mol. The molecule has 0 unspecified atom stereocenters. The Morgan fingerprint density at radius 2 is 1.70 bits per heavy atom. The standard InChI is InChI=1S/C23H31N5O2/c1-5-27(6-2)23-25-19-13-21(30-4)20(29-3)12-18(19)22(26-23)16-14-24-28(15-16)17-10-8-7-9-11-17/h12-15,17H,5-11H2,1-4H3. The smallest absolute Gasteiger partial charge is 0.226 e. The lowest BCUT2D eigenvalue weighted by Gasteiger charge is -2.22. The Morgan fingerprint density at radius 1 is 1.00 bits per heavy atom. The summed E-state index contributed by atoms with van der Waals surface area (Å²) < 4.78 is 13.2. The number of aromatic nitrogens is 4. The second-order valence-corrected chi connectivity index (χ2v) is 7.77. The van der Waals surface area contributed by atoms with Crippen molar-refractivity contribution in [1.82, 2.24) is 19.7 Å². The molecule has 1 fully saturated rings. The van der Waals surface area contributed by atoms with E-state index in [0.29, 0.717) is 17.5 Å². The first kappa shape index (κ1) is 20.4. The van der Waals surface area contributed by atoms with E-state index in [4.69, 9.17) is 24.5 Å². The minimum Gasteiger partial charge on any atom is -0.493 e. The van der Waals surface area contributed by atoms with Crippen molar-refractivity contribution < 1.29 is 9.47 Å². The van der Waals surface area contributed by atoms with Crippen LogP contribution in [0.2, 0.25) is 0 Å². The molecule has 0 N–H and O–H groups in total. The molecule has 1 aromatic carbocycles. The number of hydrogen-bond acceptors (Lipinski definition) is 6. The molecule has 0 saturated heterocycles. The summed E-state index contributed by atoms with van der Waals surface area (Å²) in [5.41, 5.74) is 2.73. The van der Waals surface area contributed by atoms with Gasteiger partial charge in [-0.05, 0) is 32.8 Å². The van der Waals surface area contributed by atoms with Gasteiger partial charge in [0.2, 0.25) is 5.95 Å². The maximum atomic E-state index is 5.54. The zero-order valence-corrected chi connectivity index (χ0v) is 18.4. The van der Waals surface area contributed by atoms with Crippen molar-refractivity contribution in [2.24, 2.45) is 0 Å². The first-order valence-corrected chi connectivity index (χ1v) is 10.9. The molecule has 7 heteroatoms. The summed E-state index contributed by atoms with van der Waals surface area (Å²) in [6.45, 7) is 5.92. The van der Waals surface area contributed by atoms with E-state index in [9.17, 15) is 0 Å². The summed E-state index contributed by atoms with van der Waals surface area (Å²) in [4.78, 5) is 12.0. The molecule has 0 bridgehead atoms. The zero-order valence-electron chi connectivity index (χ0n) is 18.4. The summed E-state index contributed by atoms with van der Waals surface area (Å²) in [7, 11) is 3.29. The van der Waals surface area contributed by atoms with Crippen LogP contribution in [0, 0.1) is 0 Å². The predicted octanol–water partition coefficient (Wildman–Crippen LogP) is 4.86. The van der Waals surface area contributed by atoms with Gasteiger partial charge in [0.15, 0.2) is 11.5 Å². The van der Waals surface area contributed by atoms with Crippen molar-refractivity contribution in [1.29, 1.82) is 0 Å². The van der Waals surface area contributed by atoms with Gasteiger partial charge < -0.3 is 14.4 Å².